The molecule has 0 aliphatic heterocycles. The molecular weight excluding hydrogens is 160 g/mol. The summed E-state index contributed by atoms with van der Waals surface area (Å²) in [5.41, 5.74) is 8.75. The monoisotopic (exact) mass is 178 g/mol. The molecule has 0 atom stereocenters. The third-order valence-corrected chi connectivity index (χ3v) is 1.94. The molecule has 0 aliphatic rings. The highest BCUT2D eigenvalue weighted by molar-refractivity contribution is 5.43. The summed E-state index contributed by atoms with van der Waals surface area (Å²) >= 11 is 0. The van der Waals surface area contributed by atoms with Crippen LogP contribution in [-0.4, -0.2) is 6.54 Å². The first-order chi connectivity index (χ1) is 6.33. The molecule has 72 valence electrons. The Balaban J connectivity index is 2.25. The first-order valence-corrected chi connectivity index (χ1v) is 4.88. The SMILES string of the molecule is CCCCNNc1ccc(C)cc1. The quantitative estimate of drug-likeness (QED) is 0.535. The van der Waals surface area contributed by atoms with Gasteiger partial charge >= 0.3 is 0 Å². The van der Waals surface area contributed by atoms with Gasteiger partial charge in [-0.2, -0.15) is 0 Å². The molecule has 1 rings (SSSR count). The van der Waals surface area contributed by atoms with E-state index in [-0.39, 0.29) is 0 Å². The van der Waals surface area contributed by atoms with Gasteiger partial charge < -0.3 is 5.43 Å². The van der Waals surface area contributed by atoms with Crippen LogP contribution in [0.3, 0.4) is 0 Å². The summed E-state index contributed by atoms with van der Waals surface area (Å²) in [6, 6.07) is 8.36. The van der Waals surface area contributed by atoms with Crippen LogP contribution in [0.5, 0.6) is 0 Å². The summed E-state index contributed by atoms with van der Waals surface area (Å²) in [7, 11) is 0. The van der Waals surface area contributed by atoms with Crippen molar-refractivity contribution in [2.75, 3.05) is 12.0 Å². The fourth-order valence-corrected chi connectivity index (χ4v) is 1.07. The molecule has 0 saturated carbocycles. The smallest absolute Gasteiger partial charge is 0.0487 e. The van der Waals surface area contributed by atoms with Crippen LogP contribution in [-0.2, 0) is 0 Å². The zero-order valence-electron chi connectivity index (χ0n) is 8.43. The lowest BCUT2D eigenvalue weighted by Gasteiger charge is -2.07. The average molecular weight is 178 g/mol. The standard InChI is InChI=1S/C11H18N2/c1-3-4-9-12-13-11-7-5-10(2)6-8-11/h5-8,12-13H,3-4,9H2,1-2H3. The summed E-state index contributed by atoms with van der Waals surface area (Å²) < 4.78 is 0. The lowest BCUT2D eigenvalue weighted by atomic mass is 10.2. The maximum atomic E-state index is 3.17. The molecule has 0 radical (unpaired) electrons. The van der Waals surface area contributed by atoms with Gasteiger partial charge in [-0.05, 0) is 25.5 Å². The van der Waals surface area contributed by atoms with E-state index in [0.717, 1.165) is 12.2 Å². The fraction of sp³-hybridized carbons (Fsp3) is 0.455. The number of hydrogen-bond acceptors (Lipinski definition) is 2. The van der Waals surface area contributed by atoms with Gasteiger partial charge in [0.25, 0.3) is 0 Å². The largest absolute Gasteiger partial charge is 0.322 e. The maximum Gasteiger partial charge on any atom is 0.0487 e. The van der Waals surface area contributed by atoms with Crippen LogP contribution in [0.2, 0.25) is 0 Å². The third kappa shape index (κ3) is 3.95. The Labute approximate surface area is 80.3 Å². The number of nitrogens with one attached hydrogen (secondary N) is 2. The van der Waals surface area contributed by atoms with E-state index < -0.39 is 0 Å². The van der Waals surface area contributed by atoms with E-state index >= 15 is 0 Å². The van der Waals surface area contributed by atoms with Crippen molar-refractivity contribution < 1.29 is 0 Å². The molecular formula is C11H18N2. The summed E-state index contributed by atoms with van der Waals surface area (Å²) in [6.07, 6.45) is 2.43. The minimum atomic E-state index is 1.02. The second-order valence-corrected chi connectivity index (χ2v) is 3.27. The number of unbranched alkanes of at least 4 members (excludes halogenated alkanes) is 1. The third-order valence-electron chi connectivity index (χ3n) is 1.94. The van der Waals surface area contributed by atoms with Crippen molar-refractivity contribution in [3.63, 3.8) is 0 Å². The summed E-state index contributed by atoms with van der Waals surface area (Å²) in [5, 5.41) is 0. The highest BCUT2D eigenvalue weighted by Gasteiger charge is 1.89. The number of hydrazine groups is 1. The van der Waals surface area contributed by atoms with Gasteiger partial charge in [-0.25, -0.2) is 5.43 Å². The topological polar surface area (TPSA) is 24.1 Å². The maximum absolute atomic E-state index is 3.17. The van der Waals surface area contributed by atoms with Crippen molar-refractivity contribution in [1.29, 1.82) is 0 Å². The lowest BCUT2D eigenvalue weighted by molar-refractivity contribution is 0.703. The Bertz CT molecular complexity index is 228. The van der Waals surface area contributed by atoms with Gasteiger partial charge in [0.15, 0.2) is 0 Å². The molecule has 0 fully saturated rings. The zero-order chi connectivity index (χ0) is 9.52. The Morgan fingerprint density at radius 1 is 1.15 bits per heavy atom. The first kappa shape index (κ1) is 10.1. The van der Waals surface area contributed by atoms with Gasteiger partial charge in [-0.1, -0.05) is 31.0 Å². The van der Waals surface area contributed by atoms with Crippen LogP contribution in [0.4, 0.5) is 5.69 Å². The minimum absolute atomic E-state index is 1.02. The normalized spacial score (nSPS) is 10.0. The van der Waals surface area contributed by atoms with Gasteiger partial charge in [0.2, 0.25) is 0 Å². The highest BCUT2D eigenvalue weighted by Crippen LogP contribution is 2.06. The number of hydrogen-bond donors (Lipinski definition) is 2. The molecule has 2 heteroatoms. The minimum Gasteiger partial charge on any atom is -0.322 e. The molecule has 1 aromatic carbocycles. The fourth-order valence-electron chi connectivity index (χ4n) is 1.07. The molecule has 1 aromatic rings. The van der Waals surface area contributed by atoms with Crippen molar-refractivity contribution in [1.82, 2.24) is 5.43 Å². The van der Waals surface area contributed by atoms with Crippen LogP contribution < -0.4 is 10.9 Å². The molecule has 2 N–H and O–H groups in total. The van der Waals surface area contributed by atoms with E-state index in [1.807, 2.05) is 0 Å². The van der Waals surface area contributed by atoms with Gasteiger partial charge in [0.1, 0.15) is 0 Å². The zero-order valence-corrected chi connectivity index (χ0v) is 8.43. The van der Waals surface area contributed by atoms with Crippen LogP contribution >= 0.6 is 0 Å². The first-order valence-electron chi connectivity index (χ1n) is 4.88. The van der Waals surface area contributed by atoms with Crippen LogP contribution in [0, 0.1) is 6.92 Å². The van der Waals surface area contributed by atoms with Crippen molar-refractivity contribution in [2.45, 2.75) is 26.7 Å². The number of benzene rings is 1. The van der Waals surface area contributed by atoms with E-state index in [1.54, 1.807) is 0 Å². The Kier molecular flexibility index (Phi) is 4.33. The summed E-state index contributed by atoms with van der Waals surface area (Å²) in [4.78, 5) is 0. The van der Waals surface area contributed by atoms with E-state index in [4.69, 9.17) is 0 Å². The molecule has 0 unspecified atom stereocenters. The van der Waals surface area contributed by atoms with Gasteiger partial charge in [0.05, 0.1) is 0 Å². The second kappa shape index (κ2) is 5.60. The Hall–Kier alpha value is -1.02. The molecule has 0 aromatic heterocycles. The molecule has 2 nitrogen and oxygen atoms in total. The van der Waals surface area contributed by atoms with Crippen LogP contribution in [0.25, 0.3) is 0 Å². The average Bonchev–Trinajstić information content (AvgIpc) is 2.15. The molecule has 13 heavy (non-hydrogen) atoms. The molecule has 0 spiro atoms. The van der Waals surface area contributed by atoms with E-state index in [9.17, 15) is 0 Å². The molecule has 0 aliphatic carbocycles. The number of rotatable bonds is 5. The van der Waals surface area contributed by atoms with Crippen molar-refractivity contribution in [3.8, 4) is 0 Å². The van der Waals surface area contributed by atoms with Gasteiger partial charge in [-0.15, -0.1) is 0 Å². The van der Waals surface area contributed by atoms with Gasteiger partial charge in [-0.3, -0.25) is 0 Å². The van der Waals surface area contributed by atoms with Gasteiger partial charge in [0, 0.05) is 12.2 Å². The highest BCUT2D eigenvalue weighted by atomic mass is 15.3. The number of aryl methyl sites for hydroxylation is 1. The predicted molar refractivity (Wildman–Crippen MR) is 57.7 cm³/mol. The second-order valence-electron chi connectivity index (χ2n) is 3.27. The summed E-state index contributed by atoms with van der Waals surface area (Å²) in [6.45, 7) is 5.30. The predicted octanol–water partition coefficient (Wildman–Crippen LogP) is 2.71. The Morgan fingerprint density at radius 3 is 2.46 bits per heavy atom. The van der Waals surface area contributed by atoms with E-state index in [0.29, 0.717) is 0 Å². The molecule has 0 saturated heterocycles. The molecule has 0 bridgehead atoms. The lowest BCUT2D eigenvalue weighted by Crippen LogP contribution is -2.22. The van der Waals surface area contributed by atoms with Crippen LogP contribution in [0.1, 0.15) is 25.3 Å². The van der Waals surface area contributed by atoms with E-state index in [2.05, 4.69) is 49.0 Å². The van der Waals surface area contributed by atoms with Crippen molar-refractivity contribution in [2.24, 2.45) is 0 Å². The molecule has 0 heterocycles. The Morgan fingerprint density at radius 2 is 1.85 bits per heavy atom. The molecule has 0 amide bonds. The van der Waals surface area contributed by atoms with Crippen molar-refractivity contribution >= 4 is 5.69 Å². The number of anilines is 1. The van der Waals surface area contributed by atoms with Crippen LogP contribution in [0.15, 0.2) is 24.3 Å². The van der Waals surface area contributed by atoms with E-state index in [1.165, 1.54) is 18.4 Å². The van der Waals surface area contributed by atoms with Crippen molar-refractivity contribution in [3.05, 3.63) is 29.8 Å². The summed E-state index contributed by atoms with van der Waals surface area (Å²) in [5.74, 6) is 0.